The second kappa shape index (κ2) is 31.7. The summed E-state index contributed by atoms with van der Waals surface area (Å²) < 4.78 is 25.2. The van der Waals surface area contributed by atoms with Gasteiger partial charge in [-0.25, -0.2) is 28.8 Å². The van der Waals surface area contributed by atoms with Gasteiger partial charge in [0.05, 0.1) is 23.2 Å². The molecule has 2 aromatic carbocycles. The van der Waals surface area contributed by atoms with E-state index >= 15 is 0 Å². The lowest BCUT2D eigenvalue weighted by Crippen LogP contribution is -2.52. The number of carbonyl (C=O) groups excluding carboxylic acids is 10. The average molecular weight is 1010 g/mol. The van der Waals surface area contributed by atoms with Gasteiger partial charge in [-0.2, -0.15) is 0 Å². The molecule has 4 amide bonds. The molecule has 388 valence electrons. The molecule has 23 heteroatoms. The topological polar surface area (TPSA) is 343 Å². The highest BCUT2D eigenvalue weighted by Gasteiger charge is 2.33. The van der Waals surface area contributed by atoms with Crippen molar-refractivity contribution < 1.29 is 71.6 Å². The maximum absolute atomic E-state index is 13.7. The van der Waals surface area contributed by atoms with Gasteiger partial charge in [0.25, 0.3) is 0 Å². The van der Waals surface area contributed by atoms with Crippen LogP contribution < -0.4 is 32.7 Å². The quantitative estimate of drug-likeness (QED) is 0.0206. The molecular formula is C50H58N8O15. The van der Waals surface area contributed by atoms with Gasteiger partial charge in [-0.3, -0.25) is 29.1 Å². The Morgan fingerprint density at radius 3 is 1.25 bits per heavy atom. The number of nitrogens with two attached hydrogens (primary N) is 2. The minimum atomic E-state index is -1.77. The summed E-state index contributed by atoms with van der Waals surface area (Å²) in [5.41, 5.74) is 13.8. The van der Waals surface area contributed by atoms with E-state index in [2.05, 4.69) is 31.2 Å². The lowest BCUT2D eigenvalue weighted by Gasteiger charge is -2.22. The maximum atomic E-state index is 13.7. The highest BCUT2D eigenvalue weighted by Crippen LogP contribution is 2.12. The van der Waals surface area contributed by atoms with Crippen molar-refractivity contribution in [2.45, 2.75) is 102 Å². The standard InChI is InChI=1S/C50H58N8O15/c51-37(19-7-9-27-55-49(67)69-31-33-13-3-1-4-14-33)43(61)57-39(21-23-41(59)71-45(63)35-17-11-25-53-29-35)47(65)73-48(66)40(22-24-42(60)72-46(64)36-18-12-26-54-30-36)58-44(62)38(52)20-8-10-28-56-50(68)70-32-34-15-5-2-6-16-34/h1-6,11-18,25-26,29-30,37-40H,7-10,19-24,27-28,31-32,51-52H2,(H,55,67)(H,56,68)(H,57,61)(H,58,62)/t37-,38-,39+,40+/m0/s1. The van der Waals surface area contributed by atoms with Crippen LogP contribution >= 0.6 is 0 Å². The number of amides is 4. The van der Waals surface area contributed by atoms with Crippen LogP contribution in [0, 0.1) is 0 Å². The minimum Gasteiger partial charge on any atom is -0.445 e. The second-order valence-corrected chi connectivity index (χ2v) is 16.1. The van der Waals surface area contributed by atoms with Crippen LogP contribution in [0.5, 0.6) is 0 Å². The van der Waals surface area contributed by atoms with Crippen LogP contribution in [0.4, 0.5) is 9.59 Å². The number of hydrogen-bond donors (Lipinski definition) is 6. The second-order valence-electron chi connectivity index (χ2n) is 16.1. The minimum absolute atomic E-state index is 0.0529. The number of rotatable bonds is 28. The lowest BCUT2D eigenvalue weighted by atomic mass is 10.1. The maximum Gasteiger partial charge on any atom is 0.407 e. The average Bonchev–Trinajstić information content (AvgIpc) is 3.40. The zero-order valence-corrected chi connectivity index (χ0v) is 39.8. The fourth-order valence-electron chi connectivity index (χ4n) is 6.38. The van der Waals surface area contributed by atoms with E-state index in [1.807, 2.05) is 12.1 Å². The molecule has 0 aliphatic carbocycles. The number of ether oxygens (including phenoxy) is 5. The van der Waals surface area contributed by atoms with Gasteiger partial charge in [-0.1, -0.05) is 60.7 Å². The Hall–Kier alpha value is -8.44. The van der Waals surface area contributed by atoms with E-state index in [4.69, 9.17) is 35.2 Å². The number of nitrogens with one attached hydrogen (secondary N) is 4. The monoisotopic (exact) mass is 1010 g/mol. The highest BCUT2D eigenvalue weighted by atomic mass is 16.6. The van der Waals surface area contributed by atoms with E-state index in [9.17, 15) is 47.9 Å². The Morgan fingerprint density at radius 2 is 0.877 bits per heavy atom. The van der Waals surface area contributed by atoms with Gasteiger partial charge in [0.2, 0.25) is 11.8 Å². The smallest absolute Gasteiger partial charge is 0.407 e. The zero-order valence-electron chi connectivity index (χ0n) is 39.8. The Labute approximate surface area is 419 Å². The summed E-state index contributed by atoms with van der Waals surface area (Å²) in [7, 11) is 0. The largest absolute Gasteiger partial charge is 0.445 e. The van der Waals surface area contributed by atoms with Crippen LogP contribution in [-0.4, -0.2) is 107 Å². The van der Waals surface area contributed by atoms with Gasteiger partial charge >= 0.3 is 48.0 Å². The van der Waals surface area contributed by atoms with Crippen molar-refractivity contribution in [1.29, 1.82) is 0 Å². The predicted octanol–water partition coefficient (Wildman–Crippen LogP) is 2.99. The van der Waals surface area contributed by atoms with Crippen molar-refractivity contribution in [1.82, 2.24) is 31.2 Å². The fraction of sp³-hybridized carbons (Fsp3) is 0.360. The van der Waals surface area contributed by atoms with Crippen molar-refractivity contribution in [3.05, 3.63) is 132 Å². The zero-order chi connectivity index (χ0) is 52.8. The Bertz CT molecular complexity index is 2280. The molecule has 4 atom stereocenters. The van der Waals surface area contributed by atoms with E-state index in [0.29, 0.717) is 25.7 Å². The molecule has 4 rings (SSSR count). The molecule has 0 unspecified atom stereocenters. The molecule has 0 aliphatic heterocycles. The molecule has 73 heavy (non-hydrogen) atoms. The summed E-state index contributed by atoms with van der Waals surface area (Å²) in [5.74, 6) is -9.00. The van der Waals surface area contributed by atoms with Gasteiger partial charge in [0.15, 0.2) is 0 Å². The van der Waals surface area contributed by atoms with E-state index in [1.165, 1.54) is 36.7 Å². The Balaban J connectivity index is 1.36. The Kier molecular flexibility index (Phi) is 24.8. The number of nitrogens with zero attached hydrogens (tertiary/aromatic N) is 2. The number of unbranched alkanes of at least 4 members (excludes halogenated alkanes) is 2. The van der Waals surface area contributed by atoms with Gasteiger partial charge in [-0.05, 0) is 86.8 Å². The molecule has 0 spiro atoms. The van der Waals surface area contributed by atoms with E-state index in [0.717, 1.165) is 23.5 Å². The molecule has 0 saturated heterocycles. The lowest BCUT2D eigenvalue weighted by molar-refractivity contribution is -0.164. The SMILES string of the molecule is N[C@@H](CCCCNC(=O)OCc1ccccc1)C(=O)N[C@H](CCC(=O)OC(=O)c1cccnc1)C(=O)OC(=O)[C@@H](CCC(=O)OC(=O)c1cccnc1)NC(=O)[C@@H](N)CCCCNC(=O)OCc1ccccc1. The summed E-state index contributed by atoms with van der Waals surface area (Å²) in [4.78, 5) is 136. The number of pyridine rings is 2. The van der Waals surface area contributed by atoms with Gasteiger partial charge < -0.3 is 56.4 Å². The normalized spacial score (nSPS) is 12.2. The van der Waals surface area contributed by atoms with E-state index in [-0.39, 0.29) is 50.3 Å². The molecular weight excluding hydrogens is 953 g/mol. The summed E-state index contributed by atoms with van der Waals surface area (Å²) in [5, 5.41) is 9.89. The van der Waals surface area contributed by atoms with Gasteiger partial charge in [-0.15, -0.1) is 0 Å². The van der Waals surface area contributed by atoms with Crippen molar-refractivity contribution in [3.8, 4) is 0 Å². The molecule has 2 heterocycles. The molecule has 0 fully saturated rings. The molecule has 2 aromatic heterocycles. The van der Waals surface area contributed by atoms with Crippen molar-refractivity contribution >= 4 is 59.8 Å². The van der Waals surface area contributed by atoms with Gasteiger partial charge in [0.1, 0.15) is 25.3 Å². The number of carbonyl (C=O) groups is 10. The Morgan fingerprint density at radius 1 is 0.479 bits per heavy atom. The van der Waals surface area contributed by atoms with Crippen LogP contribution in [0.1, 0.15) is 96.1 Å². The first-order valence-electron chi connectivity index (χ1n) is 23.2. The third kappa shape index (κ3) is 22.5. The van der Waals surface area contributed by atoms with Crippen LogP contribution in [-0.2, 0) is 65.7 Å². The predicted molar refractivity (Wildman–Crippen MR) is 256 cm³/mol. The molecule has 0 aliphatic rings. The highest BCUT2D eigenvalue weighted by molar-refractivity contribution is 5.99. The summed E-state index contributed by atoms with van der Waals surface area (Å²) in [6.45, 7) is 0.505. The number of benzene rings is 2. The molecule has 0 radical (unpaired) electrons. The first-order valence-corrected chi connectivity index (χ1v) is 23.2. The number of hydrogen-bond acceptors (Lipinski definition) is 19. The first-order chi connectivity index (χ1) is 35.2. The number of alkyl carbamates (subject to hydrolysis) is 2. The third-order valence-electron chi connectivity index (χ3n) is 10.4. The summed E-state index contributed by atoms with van der Waals surface area (Å²) in [6, 6.07) is 17.6. The van der Waals surface area contributed by atoms with Crippen molar-refractivity contribution in [3.63, 3.8) is 0 Å². The van der Waals surface area contributed by atoms with E-state index < -0.39 is 110 Å². The van der Waals surface area contributed by atoms with E-state index in [1.54, 1.807) is 48.5 Å². The molecule has 0 saturated carbocycles. The van der Waals surface area contributed by atoms with Gasteiger partial charge in [0, 0.05) is 50.7 Å². The summed E-state index contributed by atoms with van der Waals surface area (Å²) >= 11 is 0. The van der Waals surface area contributed by atoms with Crippen LogP contribution in [0.2, 0.25) is 0 Å². The molecule has 0 bridgehead atoms. The van der Waals surface area contributed by atoms with Crippen molar-refractivity contribution in [2.24, 2.45) is 11.5 Å². The third-order valence-corrected chi connectivity index (χ3v) is 10.4. The van der Waals surface area contributed by atoms with Crippen LogP contribution in [0.25, 0.3) is 0 Å². The van der Waals surface area contributed by atoms with Crippen LogP contribution in [0.15, 0.2) is 110 Å². The first kappa shape index (κ1) is 57.1. The number of aromatic nitrogens is 2. The molecule has 23 nitrogen and oxygen atoms in total. The summed E-state index contributed by atoms with van der Waals surface area (Å²) in [6.07, 6.45) is 2.81. The molecule has 8 N–H and O–H groups in total. The molecule has 4 aromatic rings. The van der Waals surface area contributed by atoms with Crippen molar-refractivity contribution in [2.75, 3.05) is 13.1 Å². The number of esters is 6. The van der Waals surface area contributed by atoms with Crippen LogP contribution in [0.3, 0.4) is 0 Å². The fourth-order valence-corrected chi connectivity index (χ4v) is 6.38.